The highest BCUT2D eigenvalue weighted by atomic mass is 32.1. The quantitative estimate of drug-likeness (QED) is 0.688. The number of amides is 1. The van der Waals surface area contributed by atoms with Gasteiger partial charge in [-0.05, 0) is 29.8 Å². The lowest BCUT2D eigenvalue weighted by atomic mass is 10.2. The number of thiazole rings is 1. The summed E-state index contributed by atoms with van der Waals surface area (Å²) in [4.78, 5) is 18.6. The van der Waals surface area contributed by atoms with Gasteiger partial charge in [-0.2, -0.15) is 0 Å². The number of carbonyl (C=O) groups is 1. The van der Waals surface area contributed by atoms with E-state index >= 15 is 0 Å². The molecule has 0 spiro atoms. The van der Waals surface area contributed by atoms with Crippen molar-refractivity contribution >= 4 is 27.5 Å². The molecule has 6 heteroatoms. The molecule has 1 unspecified atom stereocenters. The van der Waals surface area contributed by atoms with Crippen LogP contribution in [0, 0.1) is 0 Å². The number of quaternary nitrogens is 1. The number of carbonyl (C=O) groups excluding carboxylic acids is 1. The average molecular weight is 383 g/mol. The van der Waals surface area contributed by atoms with Crippen LogP contribution >= 0.6 is 11.3 Å². The Morgan fingerprint density at radius 1 is 1.26 bits per heavy atom. The van der Waals surface area contributed by atoms with Crippen molar-refractivity contribution in [1.29, 1.82) is 0 Å². The predicted octanol–water partition coefficient (Wildman–Crippen LogP) is 2.34. The first-order valence-electron chi connectivity index (χ1n) is 9.32. The Labute approximate surface area is 163 Å². The van der Waals surface area contributed by atoms with Gasteiger partial charge in [0.25, 0.3) is 5.91 Å². The molecule has 1 aliphatic rings. The summed E-state index contributed by atoms with van der Waals surface area (Å²) >= 11 is 1.76. The molecule has 3 aromatic rings. The predicted molar refractivity (Wildman–Crippen MR) is 107 cm³/mol. The molecule has 1 amide bonds. The number of methoxy groups -OCH3 is 1. The van der Waals surface area contributed by atoms with Gasteiger partial charge in [-0.25, -0.2) is 4.98 Å². The summed E-state index contributed by atoms with van der Waals surface area (Å²) in [5, 5.41) is 4.20. The van der Waals surface area contributed by atoms with Crippen LogP contribution in [-0.2, 0) is 11.3 Å². The van der Waals surface area contributed by atoms with Crippen molar-refractivity contribution in [3.05, 3.63) is 59.1 Å². The lowest BCUT2D eigenvalue weighted by Gasteiger charge is -2.19. The van der Waals surface area contributed by atoms with Crippen LogP contribution < -0.4 is 15.0 Å². The van der Waals surface area contributed by atoms with Crippen LogP contribution in [0.3, 0.4) is 0 Å². The molecular weight excluding hydrogens is 358 g/mol. The molecule has 2 aromatic carbocycles. The average Bonchev–Trinajstić information content (AvgIpc) is 3.33. The van der Waals surface area contributed by atoms with Crippen molar-refractivity contribution in [1.82, 2.24) is 10.3 Å². The van der Waals surface area contributed by atoms with E-state index in [2.05, 4.69) is 23.5 Å². The van der Waals surface area contributed by atoms with E-state index in [1.54, 1.807) is 18.4 Å². The summed E-state index contributed by atoms with van der Waals surface area (Å²) in [5.41, 5.74) is 2.14. The van der Waals surface area contributed by atoms with Gasteiger partial charge < -0.3 is 15.0 Å². The van der Waals surface area contributed by atoms with E-state index in [-0.39, 0.29) is 5.91 Å². The first-order chi connectivity index (χ1) is 13.2. The van der Waals surface area contributed by atoms with E-state index in [1.807, 2.05) is 30.3 Å². The van der Waals surface area contributed by atoms with E-state index in [0.29, 0.717) is 19.1 Å². The second kappa shape index (κ2) is 8.06. The van der Waals surface area contributed by atoms with Gasteiger partial charge in [-0.1, -0.05) is 24.3 Å². The van der Waals surface area contributed by atoms with Crippen LogP contribution in [0.1, 0.15) is 29.5 Å². The topological polar surface area (TPSA) is 55.7 Å². The second-order valence-electron chi connectivity index (χ2n) is 6.92. The molecule has 4 rings (SSSR count). The van der Waals surface area contributed by atoms with Gasteiger partial charge in [-0.3, -0.25) is 4.79 Å². The maximum atomic E-state index is 12.5. The van der Waals surface area contributed by atoms with Crippen molar-refractivity contribution in [2.45, 2.75) is 25.4 Å². The summed E-state index contributed by atoms with van der Waals surface area (Å²) in [6, 6.07) is 16.4. The summed E-state index contributed by atoms with van der Waals surface area (Å²) in [6.45, 7) is 2.06. The molecular formula is C21H24N3O2S+. The molecule has 2 N–H and O–H groups in total. The van der Waals surface area contributed by atoms with Gasteiger partial charge in [0.2, 0.25) is 0 Å². The van der Waals surface area contributed by atoms with Gasteiger partial charge in [0, 0.05) is 19.4 Å². The number of fused-ring (bicyclic) bond motifs is 1. The lowest BCUT2D eigenvalue weighted by molar-refractivity contribution is -0.910. The zero-order chi connectivity index (χ0) is 18.6. The largest absolute Gasteiger partial charge is 0.497 e. The van der Waals surface area contributed by atoms with Gasteiger partial charge in [0.05, 0.1) is 23.9 Å². The Hall–Kier alpha value is -2.44. The van der Waals surface area contributed by atoms with Crippen molar-refractivity contribution in [3.63, 3.8) is 0 Å². The summed E-state index contributed by atoms with van der Waals surface area (Å²) < 4.78 is 6.39. The number of hydrogen-bond donors (Lipinski definition) is 2. The smallest absolute Gasteiger partial charge is 0.275 e. The molecule has 1 saturated heterocycles. The molecule has 140 valence electrons. The minimum atomic E-state index is 0.0915. The number of para-hydroxylation sites is 1. The maximum Gasteiger partial charge on any atom is 0.275 e. The fourth-order valence-corrected chi connectivity index (χ4v) is 4.83. The van der Waals surface area contributed by atoms with Crippen LogP contribution in [0.4, 0.5) is 0 Å². The number of nitrogens with zero attached hydrogens (tertiary/aromatic N) is 1. The molecule has 5 nitrogen and oxygen atoms in total. The van der Waals surface area contributed by atoms with Gasteiger partial charge in [-0.15, -0.1) is 11.3 Å². The molecule has 27 heavy (non-hydrogen) atoms. The third kappa shape index (κ3) is 4.12. The molecule has 0 aliphatic carbocycles. The summed E-state index contributed by atoms with van der Waals surface area (Å²) in [7, 11) is 1.65. The van der Waals surface area contributed by atoms with Crippen molar-refractivity contribution < 1.29 is 14.4 Å². The Morgan fingerprint density at radius 2 is 2.07 bits per heavy atom. The standard InChI is InChI=1S/C21H23N3O2S/c1-26-16-10-8-15(9-11-16)13-22-20(25)14-24-12-4-6-18(24)21-23-17-5-2-3-7-19(17)27-21/h2-3,5,7-11,18H,4,6,12-14H2,1H3,(H,22,25)/p+1/t18-/m0/s1. The van der Waals surface area contributed by atoms with Crippen LogP contribution in [-0.4, -0.2) is 31.1 Å². The SMILES string of the molecule is COc1ccc(CNC(=O)C[NH+]2CCC[C@H]2c2nc3ccccc3s2)cc1. The molecule has 0 bridgehead atoms. The number of nitrogens with one attached hydrogen (secondary N) is 2. The van der Waals surface area contributed by atoms with Gasteiger partial charge in [0.15, 0.2) is 11.6 Å². The Bertz CT molecular complexity index is 890. The van der Waals surface area contributed by atoms with E-state index in [1.165, 1.54) is 9.60 Å². The monoisotopic (exact) mass is 382 g/mol. The zero-order valence-electron chi connectivity index (χ0n) is 15.4. The number of ether oxygens (including phenoxy) is 1. The van der Waals surface area contributed by atoms with E-state index in [9.17, 15) is 4.79 Å². The number of hydrogen-bond acceptors (Lipinski definition) is 4. The first-order valence-corrected chi connectivity index (χ1v) is 10.1. The number of aromatic nitrogens is 1. The molecule has 0 radical (unpaired) electrons. The highest BCUT2D eigenvalue weighted by molar-refractivity contribution is 7.18. The summed E-state index contributed by atoms with van der Waals surface area (Å²) in [6.07, 6.45) is 2.24. The number of benzene rings is 2. The van der Waals surface area contributed by atoms with E-state index in [0.717, 1.165) is 41.2 Å². The van der Waals surface area contributed by atoms with Crippen LogP contribution in [0.15, 0.2) is 48.5 Å². The third-order valence-electron chi connectivity index (χ3n) is 5.13. The van der Waals surface area contributed by atoms with E-state index < -0.39 is 0 Å². The molecule has 1 aliphatic heterocycles. The maximum absolute atomic E-state index is 12.5. The molecule has 2 heterocycles. The number of likely N-dealkylation sites (tertiary alicyclic amines) is 1. The fraction of sp³-hybridized carbons (Fsp3) is 0.333. The van der Waals surface area contributed by atoms with Crippen molar-refractivity contribution in [3.8, 4) is 5.75 Å². The highest BCUT2D eigenvalue weighted by Gasteiger charge is 2.33. The lowest BCUT2D eigenvalue weighted by Crippen LogP contribution is -3.11. The molecule has 1 aromatic heterocycles. The summed E-state index contributed by atoms with van der Waals surface area (Å²) in [5.74, 6) is 0.916. The van der Waals surface area contributed by atoms with Gasteiger partial charge in [0.1, 0.15) is 11.8 Å². The zero-order valence-corrected chi connectivity index (χ0v) is 16.2. The Kier molecular flexibility index (Phi) is 5.36. The van der Waals surface area contributed by atoms with Gasteiger partial charge >= 0.3 is 0 Å². The van der Waals surface area contributed by atoms with Crippen LogP contribution in [0.25, 0.3) is 10.2 Å². The number of rotatable bonds is 6. The third-order valence-corrected chi connectivity index (χ3v) is 6.28. The minimum absolute atomic E-state index is 0.0915. The highest BCUT2D eigenvalue weighted by Crippen LogP contribution is 2.28. The Balaban J connectivity index is 1.36. The molecule has 1 fully saturated rings. The normalized spacial score (nSPS) is 19.3. The fourth-order valence-electron chi connectivity index (χ4n) is 3.67. The first kappa shape index (κ1) is 17.9. The van der Waals surface area contributed by atoms with Crippen molar-refractivity contribution in [2.75, 3.05) is 20.2 Å². The Morgan fingerprint density at radius 3 is 2.85 bits per heavy atom. The molecule has 2 atom stereocenters. The van der Waals surface area contributed by atoms with Crippen LogP contribution in [0.2, 0.25) is 0 Å². The molecule has 0 saturated carbocycles. The van der Waals surface area contributed by atoms with Crippen molar-refractivity contribution in [2.24, 2.45) is 0 Å². The second-order valence-corrected chi connectivity index (χ2v) is 7.99. The minimum Gasteiger partial charge on any atom is -0.497 e. The van der Waals surface area contributed by atoms with Crippen LogP contribution in [0.5, 0.6) is 5.75 Å². The van der Waals surface area contributed by atoms with E-state index in [4.69, 9.17) is 9.72 Å².